The number of nitrogens with one attached hydrogen (secondary N) is 1. The lowest BCUT2D eigenvalue weighted by Crippen LogP contribution is -2.74. The van der Waals surface area contributed by atoms with Gasteiger partial charge in [-0.3, -0.25) is 15.0 Å². The molecule has 2 saturated carbocycles. The van der Waals surface area contributed by atoms with Crippen molar-refractivity contribution in [3.8, 4) is 0 Å². The highest BCUT2D eigenvalue weighted by atomic mass is 16.3. The number of carbonyl (C=O) groups excluding carboxylic acids is 1. The number of nitrogens with zero attached hydrogens (tertiary/aromatic N) is 1. The first-order chi connectivity index (χ1) is 9.60. The summed E-state index contributed by atoms with van der Waals surface area (Å²) >= 11 is 0. The number of carbonyl (C=O) groups is 1. The van der Waals surface area contributed by atoms with E-state index in [1.807, 2.05) is 0 Å². The lowest BCUT2D eigenvalue weighted by Gasteiger charge is -2.63. The minimum Gasteiger partial charge on any atom is -0.393 e. The zero-order valence-electron chi connectivity index (χ0n) is 12.1. The van der Waals surface area contributed by atoms with Crippen molar-refractivity contribution in [2.24, 2.45) is 23.2 Å². The van der Waals surface area contributed by atoms with Gasteiger partial charge in [0.2, 0.25) is 0 Å². The molecular formula is C16H24N2O2. The van der Waals surface area contributed by atoms with E-state index in [-0.39, 0.29) is 29.0 Å². The number of aliphatic hydroxyl groups is 1. The Kier molecular flexibility index (Phi) is 2.11. The Bertz CT molecular complexity index is 495. The Morgan fingerprint density at radius 1 is 1.40 bits per heavy atom. The van der Waals surface area contributed by atoms with Gasteiger partial charge >= 0.3 is 0 Å². The first-order valence-corrected chi connectivity index (χ1v) is 8.34. The van der Waals surface area contributed by atoms with E-state index in [0.717, 1.165) is 32.4 Å². The molecule has 3 aliphatic heterocycles. The minimum atomic E-state index is -0.282. The van der Waals surface area contributed by atoms with Crippen LogP contribution in [0.15, 0.2) is 0 Å². The second kappa shape index (κ2) is 3.47. The van der Waals surface area contributed by atoms with Crippen LogP contribution in [-0.4, -0.2) is 46.7 Å². The maximum absolute atomic E-state index is 12.7. The van der Waals surface area contributed by atoms with Crippen molar-refractivity contribution in [2.75, 3.05) is 13.1 Å². The van der Waals surface area contributed by atoms with Gasteiger partial charge in [-0.05, 0) is 38.1 Å². The molecule has 20 heavy (non-hydrogen) atoms. The van der Waals surface area contributed by atoms with E-state index in [9.17, 15) is 9.90 Å². The number of hydrogen-bond donors (Lipinski definition) is 2. The molecule has 7 atom stereocenters. The number of ketones is 1. The lowest BCUT2D eigenvalue weighted by molar-refractivity contribution is -0.180. The van der Waals surface area contributed by atoms with E-state index in [2.05, 4.69) is 17.1 Å². The molecular weight excluding hydrogens is 252 g/mol. The Morgan fingerprint density at radius 3 is 3.10 bits per heavy atom. The molecule has 2 spiro atoms. The SMILES string of the molecule is CC1CC23NC4CCN2CCCC32C(CC(=O)C42)C1O. The molecule has 2 N–H and O–H groups in total. The standard InChI is InChI=1S/C16H24N2O2/c1-9-8-16-15-4-2-5-18(16)6-3-11(17-16)13(15)12(19)7-10(15)14(9)20/h9-11,13-14,17,20H,2-8H2,1H3. The second-order valence-corrected chi connectivity index (χ2v) is 7.96. The Morgan fingerprint density at radius 2 is 2.25 bits per heavy atom. The van der Waals surface area contributed by atoms with Crippen molar-refractivity contribution < 1.29 is 9.90 Å². The van der Waals surface area contributed by atoms with Gasteiger partial charge in [-0.15, -0.1) is 0 Å². The van der Waals surface area contributed by atoms with Gasteiger partial charge in [0.25, 0.3) is 0 Å². The zero-order chi connectivity index (χ0) is 13.7. The topological polar surface area (TPSA) is 52.6 Å². The maximum atomic E-state index is 12.7. The van der Waals surface area contributed by atoms with E-state index in [0.29, 0.717) is 24.2 Å². The second-order valence-electron chi connectivity index (χ2n) is 7.96. The van der Waals surface area contributed by atoms with E-state index in [4.69, 9.17) is 0 Å². The third-order valence-electron chi connectivity index (χ3n) is 7.46. The normalized spacial score (nSPS) is 60.7. The molecule has 2 bridgehead atoms. The summed E-state index contributed by atoms with van der Waals surface area (Å²) in [7, 11) is 0. The van der Waals surface area contributed by atoms with E-state index in [1.165, 1.54) is 6.42 Å². The summed E-state index contributed by atoms with van der Waals surface area (Å²) in [5.41, 5.74) is 0.0593. The highest BCUT2D eigenvalue weighted by Gasteiger charge is 2.78. The van der Waals surface area contributed by atoms with Gasteiger partial charge in [0.1, 0.15) is 5.78 Å². The summed E-state index contributed by atoms with van der Waals surface area (Å²) in [6.45, 7) is 4.47. The smallest absolute Gasteiger partial charge is 0.138 e. The predicted octanol–water partition coefficient (Wildman–Crippen LogP) is 0.746. The molecule has 0 aromatic carbocycles. The molecule has 2 aliphatic carbocycles. The Labute approximate surface area is 119 Å². The van der Waals surface area contributed by atoms with Crippen LogP contribution in [0.3, 0.4) is 0 Å². The summed E-state index contributed by atoms with van der Waals surface area (Å²) in [5, 5.41) is 14.7. The number of aliphatic hydroxyl groups excluding tert-OH is 1. The quantitative estimate of drug-likeness (QED) is 0.685. The van der Waals surface area contributed by atoms with Crippen molar-refractivity contribution in [3.63, 3.8) is 0 Å². The number of rotatable bonds is 0. The summed E-state index contributed by atoms with van der Waals surface area (Å²) < 4.78 is 0. The molecule has 5 aliphatic rings. The van der Waals surface area contributed by atoms with Gasteiger partial charge in [0.05, 0.1) is 11.8 Å². The van der Waals surface area contributed by atoms with Crippen LogP contribution in [0.2, 0.25) is 0 Å². The van der Waals surface area contributed by atoms with Crippen LogP contribution in [0.1, 0.15) is 39.0 Å². The zero-order valence-corrected chi connectivity index (χ0v) is 12.1. The fourth-order valence-corrected chi connectivity index (χ4v) is 7.03. The average Bonchev–Trinajstić information content (AvgIpc) is 2.87. The van der Waals surface area contributed by atoms with E-state index in [1.54, 1.807) is 0 Å². The fourth-order valence-electron chi connectivity index (χ4n) is 7.03. The predicted molar refractivity (Wildman–Crippen MR) is 73.9 cm³/mol. The van der Waals surface area contributed by atoms with Crippen LogP contribution in [0, 0.1) is 23.2 Å². The first-order valence-electron chi connectivity index (χ1n) is 8.34. The van der Waals surface area contributed by atoms with Crippen molar-refractivity contribution in [3.05, 3.63) is 0 Å². The molecule has 5 fully saturated rings. The largest absolute Gasteiger partial charge is 0.393 e. The number of Topliss-reactive ketones (excluding diaryl/α,β-unsaturated/α-hetero) is 1. The van der Waals surface area contributed by atoms with Crippen molar-refractivity contribution in [2.45, 2.75) is 56.8 Å². The van der Waals surface area contributed by atoms with Crippen LogP contribution in [0.5, 0.6) is 0 Å². The molecule has 0 aromatic heterocycles. The van der Waals surface area contributed by atoms with Crippen LogP contribution in [0.4, 0.5) is 0 Å². The Balaban J connectivity index is 1.77. The molecule has 7 unspecified atom stereocenters. The van der Waals surface area contributed by atoms with Crippen LogP contribution < -0.4 is 5.32 Å². The van der Waals surface area contributed by atoms with E-state index < -0.39 is 0 Å². The first kappa shape index (κ1) is 12.1. The van der Waals surface area contributed by atoms with Crippen LogP contribution >= 0.6 is 0 Å². The third-order valence-corrected chi connectivity index (χ3v) is 7.46. The highest BCUT2D eigenvalue weighted by molar-refractivity contribution is 5.87. The van der Waals surface area contributed by atoms with Gasteiger partial charge < -0.3 is 5.11 Å². The van der Waals surface area contributed by atoms with Crippen molar-refractivity contribution in [1.29, 1.82) is 0 Å². The molecule has 3 saturated heterocycles. The van der Waals surface area contributed by atoms with Gasteiger partial charge in [0, 0.05) is 36.3 Å². The molecule has 4 nitrogen and oxygen atoms in total. The maximum Gasteiger partial charge on any atom is 0.138 e. The molecule has 0 amide bonds. The van der Waals surface area contributed by atoms with Crippen LogP contribution in [0.25, 0.3) is 0 Å². The lowest BCUT2D eigenvalue weighted by atomic mass is 9.53. The van der Waals surface area contributed by atoms with Gasteiger partial charge in [-0.2, -0.15) is 0 Å². The molecule has 5 rings (SSSR count). The molecule has 0 radical (unpaired) electrons. The fraction of sp³-hybridized carbons (Fsp3) is 0.938. The number of hydrogen-bond acceptors (Lipinski definition) is 4. The third kappa shape index (κ3) is 1.02. The minimum absolute atomic E-state index is 0.0221. The summed E-state index contributed by atoms with van der Waals surface area (Å²) in [6.07, 6.45) is 4.80. The van der Waals surface area contributed by atoms with Crippen molar-refractivity contribution in [1.82, 2.24) is 10.2 Å². The Hall–Kier alpha value is -0.450. The molecule has 3 heterocycles. The number of fused-ring (bicyclic) bond motifs is 2. The number of piperidine rings is 1. The summed E-state index contributed by atoms with van der Waals surface area (Å²) in [5.74, 6) is 1.11. The van der Waals surface area contributed by atoms with Gasteiger partial charge in [-0.1, -0.05) is 6.92 Å². The van der Waals surface area contributed by atoms with Crippen molar-refractivity contribution >= 4 is 5.78 Å². The molecule has 110 valence electrons. The summed E-state index contributed by atoms with van der Waals surface area (Å²) in [4.78, 5) is 15.4. The molecule has 4 heteroatoms. The van der Waals surface area contributed by atoms with Gasteiger partial charge in [0.15, 0.2) is 0 Å². The summed E-state index contributed by atoms with van der Waals surface area (Å²) in [6, 6.07) is 0.374. The average molecular weight is 276 g/mol. The van der Waals surface area contributed by atoms with Gasteiger partial charge in [-0.25, -0.2) is 0 Å². The van der Waals surface area contributed by atoms with E-state index >= 15 is 0 Å². The molecule has 0 aromatic rings. The highest BCUT2D eigenvalue weighted by Crippen LogP contribution is 2.69. The van der Waals surface area contributed by atoms with Crippen LogP contribution in [-0.2, 0) is 4.79 Å². The monoisotopic (exact) mass is 276 g/mol.